The lowest BCUT2D eigenvalue weighted by molar-refractivity contribution is -0.247. The Morgan fingerprint density at radius 1 is 0.649 bits per heavy atom. The van der Waals surface area contributed by atoms with Gasteiger partial charge < -0.3 is 0 Å². The van der Waals surface area contributed by atoms with Gasteiger partial charge in [-0.05, 0) is 68.6 Å². The molecule has 216 valence electrons. The number of alkyl halides is 6. The summed E-state index contributed by atoms with van der Waals surface area (Å²) in [5.74, 6) is -7.83. The zero-order valence-corrected chi connectivity index (χ0v) is 21.7. The molecule has 0 saturated heterocycles. The van der Waals surface area contributed by atoms with Gasteiger partial charge in [0.05, 0.1) is 12.2 Å². The Bertz CT molecular complexity index is 1170. The fourth-order valence-corrected chi connectivity index (χ4v) is 10.2. The summed E-state index contributed by atoms with van der Waals surface area (Å²) in [6.07, 6.45) is 1.67. The molecule has 0 unspecified atom stereocenters. The lowest BCUT2D eigenvalue weighted by Gasteiger charge is -2.53. The number of hydrogen-bond donors (Lipinski definition) is 1. The minimum atomic E-state index is -7.17. The maximum absolute atomic E-state index is 14.6. The van der Waals surface area contributed by atoms with Gasteiger partial charge in [-0.3, -0.25) is 8.37 Å². The van der Waals surface area contributed by atoms with Gasteiger partial charge in [0.2, 0.25) is 0 Å². The molecule has 0 aromatic rings. The van der Waals surface area contributed by atoms with Crippen LogP contribution >= 0.6 is 0 Å². The highest BCUT2D eigenvalue weighted by Crippen LogP contribution is 2.57. The van der Waals surface area contributed by atoms with Crippen molar-refractivity contribution in [3.63, 3.8) is 0 Å². The van der Waals surface area contributed by atoms with Gasteiger partial charge in [-0.25, -0.2) is 8.42 Å². The Kier molecular flexibility index (Phi) is 7.49. The summed E-state index contributed by atoms with van der Waals surface area (Å²) in [7, 11) is -19.6. The van der Waals surface area contributed by atoms with E-state index >= 15 is 0 Å². The molecule has 5 aliphatic rings. The van der Waals surface area contributed by atoms with Crippen molar-refractivity contribution >= 4 is 30.4 Å². The van der Waals surface area contributed by atoms with Crippen molar-refractivity contribution in [2.24, 2.45) is 23.7 Å². The first-order valence-corrected chi connectivity index (χ1v) is 16.1. The van der Waals surface area contributed by atoms with Gasteiger partial charge in [0.25, 0.3) is 10.0 Å². The van der Waals surface area contributed by atoms with Crippen molar-refractivity contribution in [1.82, 2.24) is 4.13 Å². The van der Waals surface area contributed by atoms with Crippen LogP contribution in [0.25, 0.3) is 0 Å². The maximum atomic E-state index is 14.6. The minimum absolute atomic E-state index is 0.0891. The molecule has 1 N–H and O–H groups in total. The summed E-state index contributed by atoms with van der Waals surface area (Å²) in [5.41, 5.74) is 0. The van der Waals surface area contributed by atoms with Gasteiger partial charge in [0.15, 0.2) is 0 Å². The number of halogens is 6. The second-order valence-corrected chi connectivity index (χ2v) is 15.4. The van der Waals surface area contributed by atoms with Gasteiger partial charge in [-0.15, -0.1) is 0 Å². The molecular weight excluding hydrogens is 580 g/mol. The SMILES string of the molecule is O=S(=O)(NS(=O)(=O)C(F)(F)C(F)(F)C(F)(F)S(=O)(=O)OC1C2CC3CC(C2)CC1C3)OC1CCCCC1. The Labute approximate surface area is 211 Å². The van der Waals surface area contributed by atoms with Gasteiger partial charge in [0.1, 0.15) is 0 Å². The van der Waals surface area contributed by atoms with Gasteiger partial charge >= 0.3 is 36.9 Å². The molecule has 0 amide bonds. The van der Waals surface area contributed by atoms with Crippen LogP contribution < -0.4 is 4.13 Å². The van der Waals surface area contributed by atoms with Crippen molar-refractivity contribution in [1.29, 1.82) is 0 Å². The van der Waals surface area contributed by atoms with Gasteiger partial charge in [0, 0.05) is 0 Å². The number of hydrogen-bond acceptors (Lipinski definition) is 8. The van der Waals surface area contributed by atoms with Crippen molar-refractivity contribution < 1.29 is 60.0 Å². The highest BCUT2D eigenvalue weighted by molar-refractivity contribution is 8.03. The molecule has 0 aromatic heterocycles. The van der Waals surface area contributed by atoms with Crippen LogP contribution in [-0.2, 0) is 38.8 Å². The normalized spacial score (nSPS) is 32.1. The standard InChI is InChI=1S/C19H27F6NO8S3/c20-17(21,18(22,23)35(27,28)26-37(31,32)33-15-4-2-1-3-5-15)19(24,25)36(29,30)34-16-13-7-11-6-12(9-13)10-14(16)8-11/h11-16,26H,1-10H2. The van der Waals surface area contributed by atoms with E-state index < -0.39 is 70.9 Å². The second-order valence-electron chi connectivity index (χ2n) is 10.5. The van der Waals surface area contributed by atoms with Crippen molar-refractivity contribution in [3.8, 4) is 0 Å². The van der Waals surface area contributed by atoms with E-state index in [4.69, 9.17) is 0 Å². The molecule has 5 fully saturated rings. The quantitative estimate of drug-likeness (QED) is 0.295. The summed E-state index contributed by atoms with van der Waals surface area (Å²) in [6.45, 7) is 0. The van der Waals surface area contributed by atoms with E-state index in [1.807, 2.05) is 0 Å². The molecule has 9 nitrogen and oxygen atoms in total. The summed E-state index contributed by atoms with van der Waals surface area (Å²) < 4.78 is 168. The monoisotopic (exact) mass is 607 g/mol. The molecule has 5 aliphatic carbocycles. The molecule has 37 heavy (non-hydrogen) atoms. The third-order valence-corrected chi connectivity index (χ3v) is 12.3. The zero-order valence-electron chi connectivity index (χ0n) is 19.3. The largest absolute Gasteiger partial charge is 0.439 e. The average molecular weight is 608 g/mol. The topological polar surface area (TPSA) is 133 Å². The van der Waals surface area contributed by atoms with E-state index in [2.05, 4.69) is 8.37 Å². The van der Waals surface area contributed by atoms with Crippen LogP contribution in [0.2, 0.25) is 0 Å². The fourth-order valence-electron chi connectivity index (χ4n) is 6.28. The molecular formula is C19H27F6NO8S3. The lowest BCUT2D eigenvalue weighted by Crippen LogP contribution is -2.64. The predicted octanol–water partition coefficient (Wildman–Crippen LogP) is 3.49. The average Bonchev–Trinajstić information content (AvgIpc) is 2.74. The smallest absolute Gasteiger partial charge is 0.261 e. The number of rotatable bonds is 10. The second kappa shape index (κ2) is 9.45. The molecule has 0 aliphatic heterocycles. The minimum Gasteiger partial charge on any atom is -0.261 e. The van der Waals surface area contributed by atoms with E-state index in [-0.39, 0.29) is 28.8 Å². The zero-order chi connectivity index (χ0) is 27.7. The number of nitrogens with one attached hydrogen (secondary N) is 1. The van der Waals surface area contributed by atoms with Crippen molar-refractivity contribution in [3.05, 3.63) is 0 Å². The van der Waals surface area contributed by atoms with Crippen LogP contribution in [0, 0.1) is 23.7 Å². The van der Waals surface area contributed by atoms with Crippen molar-refractivity contribution in [2.45, 2.75) is 92.8 Å². The Morgan fingerprint density at radius 2 is 1.14 bits per heavy atom. The van der Waals surface area contributed by atoms with E-state index in [0.29, 0.717) is 44.9 Å². The Morgan fingerprint density at radius 3 is 1.62 bits per heavy atom. The summed E-state index contributed by atoms with van der Waals surface area (Å²) in [6, 6.07) is 0. The van der Waals surface area contributed by atoms with E-state index in [1.165, 1.54) is 0 Å². The molecule has 18 heteroatoms. The molecule has 4 bridgehead atoms. The third-order valence-electron chi connectivity index (χ3n) is 7.79. The fraction of sp³-hybridized carbons (Fsp3) is 1.00. The van der Waals surface area contributed by atoms with E-state index in [0.717, 1.165) is 6.42 Å². The van der Waals surface area contributed by atoms with Crippen molar-refractivity contribution in [2.75, 3.05) is 0 Å². The van der Waals surface area contributed by atoms with Crippen LogP contribution in [0.1, 0.15) is 64.2 Å². The first-order chi connectivity index (χ1) is 16.8. The van der Waals surface area contributed by atoms with Crippen LogP contribution in [0.5, 0.6) is 0 Å². The maximum Gasteiger partial charge on any atom is 0.439 e. The Balaban J connectivity index is 1.54. The van der Waals surface area contributed by atoms with Crippen LogP contribution in [0.4, 0.5) is 26.3 Å². The predicted molar refractivity (Wildman–Crippen MR) is 115 cm³/mol. The molecule has 5 rings (SSSR count). The first-order valence-electron chi connectivity index (χ1n) is 11.8. The van der Waals surface area contributed by atoms with Crippen LogP contribution in [0.3, 0.4) is 0 Å². The molecule has 0 aromatic carbocycles. The molecule has 0 spiro atoms. The van der Waals surface area contributed by atoms with Gasteiger partial charge in [-0.2, -0.15) is 43.2 Å². The lowest BCUT2D eigenvalue weighted by atomic mass is 9.55. The molecule has 5 saturated carbocycles. The summed E-state index contributed by atoms with van der Waals surface area (Å²) in [5, 5.41) is -13.6. The third kappa shape index (κ3) is 5.14. The highest BCUT2D eigenvalue weighted by Gasteiger charge is 2.83. The van der Waals surface area contributed by atoms with Crippen LogP contribution in [0.15, 0.2) is 0 Å². The first kappa shape index (κ1) is 29.3. The highest BCUT2D eigenvalue weighted by atomic mass is 32.3. The number of sulfonamides is 1. The molecule has 0 radical (unpaired) electrons. The summed E-state index contributed by atoms with van der Waals surface area (Å²) in [4.78, 5) is 0. The van der Waals surface area contributed by atoms with E-state index in [1.54, 1.807) is 0 Å². The molecule has 0 atom stereocenters. The van der Waals surface area contributed by atoms with Gasteiger partial charge in [-0.1, -0.05) is 23.4 Å². The van der Waals surface area contributed by atoms with Crippen LogP contribution in [-0.4, -0.2) is 53.9 Å². The Hall–Kier alpha value is -0.690. The van der Waals surface area contributed by atoms with E-state index in [9.17, 15) is 51.6 Å². The summed E-state index contributed by atoms with van der Waals surface area (Å²) >= 11 is 0. The molecule has 0 heterocycles.